The van der Waals surface area contributed by atoms with Gasteiger partial charge >= 0.3 is 6.18 Å². The van der Waals surface area contributed by atoms with Crippen LogP contribution in [0.4, 0.5) is 13.2 Å². The summed E-state index contributed by atoms with van der Waals surface area (Å²) in [6, 6.07) is 0. The van der Waals surface area contributed by atoms with Crippen LogP contribution in [-0.2, 0) is 4.79 Å². The van der Waals surface area contributed by atoms with Gasteiger partial charge in [0.05, 0.1) is 6.54 Å². The zero-order valence-corrected chi connectivity index (χ0v) is 11.4. The zero-order valence-electron chi connectivity index (χ0n) is 11.4. The van der Waals surface area contributed by atoms with Crippen LogP contribution in [0.15, 0.2) is 0 Å². The molecule has 0 saturated carbocycles. The number of rotatable bonds is 5. The second-order valence-corrected chi connectivity index (χ2v) is 5.61. The number of alkyl halides is 3. The Labute approximate surface area is 111 Å². The molecule has 19 heavy (non-hydrogen) atoms. The summed E-state index contributed by atoms with van der Waals surface area (Å²) in [5, 5.41) is 4.79. The maximum absolute atomic E-state index is 11.9. The summed E-state index contributed by atoms with van der Waals surface area (Å²) in [7, 11) is 2.07. The molecule has 0 aromatic rings. The number of halogens is 3. The molecule has 0 radical (unpaired) electrons. The molecule has 0 aromatic heterocycles. The van der Waals surface area contributed by atoms with Crippen LogP contribution in [0.25, 0.3) is 0 Å². The highest BCUT2D eigenvalue weighted by Gasteiger charge is 2.29. The third kappa shape index (κ3) is 6.77. The Morgan fingerprint density at radius 1 is 1.32 bits per heavy atom. The fraction of sp³-hybridized carbons (Fsp3) is 0.917. The van der Waals surface area contributed by atoms with E-state index >= 15 is 0 Å². The minimum absolute atomic E-state index is 0.0679. The van der Waals surface area contributed by atoms with Crippen LogP contribution in [0.2, 0.25) is 0 Å². The Kier molecular flexibility index (Phi) is 5.61. The van der Waals surface area contributed by atoms with E-state index in [1.807, 2.05) is 5.32 Å². The smallest absolute Gasteiger partial charge is 0.346 e. The third-order valence-corrected chi connectivity index (χ3v) is 3.52. The van der Waals surface area contributed by atoms with Gasteiger partial charge in [0.1, 0.15) is 6.54 Å². The molecule has 4 nitrogen and oxygen atoms in total. The van der Waals surface area contributed by atoms with Crippen LogP contribution in [0.3, 0.4) is 0 Å². The number of nitrogens with zero attached hydrogens (tertiary/aromatic N) is 1. The average molecular weight is 281 g/mol. The summed E-state index contributed by atoms with van der Waals surface area (Å²) >= 11 is 0. The predicted octanol–water partition coefficient (Wildman–Crippen LogP) is 0.986. The van der Waals surface area contributed by atoms with Crippen molar-refractivity contribution in [1.82, 2.24) is 15.5 Å². The normalized spacial score (nSPS) is 20.3. The van der Waals surface area contributed by atoms with Crippen molar-refractivity contribution >= 4 is 5.91 Å². The van der Waals surface area contributed by atoms with Gasteiger partial charge in [0, 0.05) is 6.54 Å². The molecule has 0 atom stereocenters. The minimum Gasteiger partial charge on any atom is -0.346 e. The molecule has 112 valence electrons. The van der Waals surface area contributed by atoms with Crippen LogP contribution in [-0.4, -0.2) is 56.8 Å². The lowest BCUT2D eigenvalue weighted by Gasteiger charge is -2.38. The van der Waals surface area contributed by atoms with Crippen molar-refractivity contribution < 1.29 is 18.0 Å². The van der Waals surface area contributed by atoms with Gasteiger partial charge in [0.15, 0.2) is 0 Å². The van der Waals surface area contributed by atoms with E-state index in [-0.39, 0.29) is 12.0 Å². The van der Waals surface area contributed by atoms with Gasteiger partial charge in [-0.05, 0) is 38.4 Å². The van der Waals surface area contributed by atoms with E-state index in [0.717, 1.165) is 25.9 Å². The Bertz CT molecular complexity index is 299. The van der Waals surface area contributed by atoms with E-state index in [1.165, 1.54) is 0 Å². The van der Waals surface area contributed by atoms with Crippen LogP contribution in [0.1, 0.15) is 19.8 Å². The fourth-order valence-electron chi connectivity index (χ4n) is 2.07. The molecule has 0 bridgehead atoms. The van der Waals surface area contributed by atoms with Crippen molar-refractivity contribution in [2.75, 3.05) is 39.8 Å². The van der Waals surface area contributed by atoms with Gasteiger partial charge in [0.25, 0.3) is 0 Å². The molecule has 0 aromatic carbocycles. The summed E-state index contributed by atoms with van der Waals surface area (Å²) in [5.41, 5.74) is 0.122. The number of piperidine rings is 1. The second kappa shape index (κ2) is 6.56. The Morgan fingerprint density at radius 2 is 1.89 bits per heavy atom. The molecule has 7 heteroatoms. The average Bonchev–Trinajstić information content (AvgIpc) is 2.30. The van der Waals surface area contributed by atoms with Gasteiger partial charge in [-0.3, -0.25) is 4.79 Å². The Hall–Kier alpha value is -0.820. The molecule has 0 unspecified atom stereocenters. The molecule has 1 aliphatic heterocycles. The van der Waals surface area contributed by atoms with Gasteiger partial charge < -0.3 is 15.5 Å². The maximum Gasteiger partial charge on any atom is 0.405 e. The molecule has 1 fully saturated rings. The molecule has 0 spiro atoms. The van der Waals surface area contributed by atoms with Crippen molar-refractivity contribution in [3.05, 3.63) is 0 Å². The number of likely N-dealkylation sites (tertiary alicyclic amines) is 1. The van der Waals surface area contributed by atoms with Gasteiger partial charge in [-0.25, -0.2) is 0 Å². The predicted molar refractivity (Wildman–Crippen MR) is 66.8 cm³/mol. The van der Waals surface area contributed by atoms with Crippen molar-refractivity contribution in [1.29, 1.82) is 0 Å². The standard InChI is InChI=1S/C12H22F3N3O/c1-11(3-5-18(2)6-4-11)8-16-7-10(19)17-9-12(13,14)15/h16H,3-9H2,1-2H3,(H,17,19). The summed E-state index contributed by atoms with van der Waals surface area (Å²) in [4.78, 5) is 13.5. The topological polar surface area (TPSA) is 44.4 Å². The number of carbonyl (C=O) groups excluding carboxylic acids is 1. The van der Waals surface area contributed by atoms with E-state index < -0.39 is 18.6 Å². The van der Waals surface area contributed by atoms with E-state index in [4.69, 9.17) is 0 Å². The van der Waals surface area contributed by atoms with Crippen molar-refractivity contribution in [2.24, 2.45) is 5.41 Å². The van der Waals surface area contributed by atoms with Gasteiger partial charge in [-0.15, -0.1) is 0 Å². The molecule has 1 aliphatic rings. The molecular formula is C12H22F3N3O. The van der Waals surface area contributed by atoms with Crippen molar-refractivity contribution in [3.8, 4) is 0 Å². The first-order chi connectivity index (χ1) is 8.70. The lowest BCUT2D eigenvalue weighted by atomic mass is 9.80. The van der Waals surface area contributed by atoms with Gasteiger partial charge in [-0.1, -0.05) is 6.92 Å². The van der Waals surface area contributed by atoms with Gasteiger partial charge in [-0.2, -0.15) is 13.2 Å². The number of nitrogens with one attached hydrogen (secondary N) is 2. The molecule has 2 N–H and O–H groups in total. The molecule has 0 aliphatic carbocycles. The molecule has 1 amide bonds. The number of hydrogen-bond acceptors (Lipinski definition) is 3. The first-order valence-electron chi connectivity index (χ1n) is 6.43. The Balaban J connectivity index is 2.17. The number of amides is 1. The highest BCUT2D eigenvalue weighted by Crippen LogP contribution is 2.29. The van der Waals surface area contributed by atoms with E-state index in [9.17, 15) is 18.0 Å². The summed E-state index contributed by atoms with van der Waals surface area (Å²) in [5.74, 6) is -0.617. The fourth-order valence-corrected chi connectivity index (χ4v) is 2.07. The molecule has 1 saturated heterocycles. The highest BCUT2D eigenvalue weighted by atomic mass is 19.4. The quantitative estimate of drug-likeness (QED) is 0.790. The lowest BCUT2D eigenvalue weighted by Crippen LogP contribution is -2.45. The third-order valence-electron chi connectivity index (χ3n) is 3.52. The maximum atomic E-state index is 11.9. The van der Waals surface area contributed by atoms with E-state index in [0.29, 0.717) is 6.54 Å². The van der Waals surface area contributed by atoms with Crippen LogP contribution >= 0.6 is 0 Å². The molecule has 1 rings (SSSR count). The SMILES string of the molecule is CN1CCC(C)(CNCC(=O)NCC(F)(F)F)CC1. The lowest BCUT2D eigenvalue weighted by molar-refractivity contribution is -0.137. The van der Waals surface area contributed by atoms with Crippen LogP contribution in [0.5, 0.6) is 0 Å². The van der Waals surface area contributed by atoms with Crippen molar-refractivity contribution in [2.45, 2.75) is 25.9 Å². The van der Waals surface area contributed by atoms with Crippen LogP contribution in [0, 0.1) is 5.41 Å². The second-order valence-electron chi connectivity index (χ2n) is 5.61. The molecular weight excluding hydrogens is 259 g/mol. The van der Waals surface area contributed by atoms with E-state index in [1.54, 1.807) is 0 Å². The van der Waals surface area contributed by atoms with E-state index in [2.05, 4.69) is 24.2 Å². The highest BCUT2D eigenvalue weighted by molar-refractivity contribution is 5.78. The zero-order chi connectivity index (χ0) is 14.5. The summed E-state index contributed by atoms with van der Waals surface area (Å²) in [6.07, 6.45) is -2.29. The first-order valence-corrected chi connectivity index (χ1v) is 6.43. The van der Waals surface area contributed by atoms with Crippen molar-refractivity contribution in [3.63, 3.8) is 0 Å². The first kappa shape index (κ1) is 16.2. The number of hydrogen-bond donors (Lipinski definition) is 2. The monoisotopic (exact) mass is 281 g/mol. The largest absolute Gasteiger partial charge is 0.405 e. The number of carbonyl (C=O) groups is 1. The minimum atomic E-state index is -4.35. The molecule has 1 heterocycles. The van der Waals surface area contributed by atoms with Crippen LogP contribution < -0.4 is 10.6 Å². The Morgan fingerprint density at radius 3 is 2.42 bits per heavy atom. The summed E-state index contributed by atoms with van der Waals surface area (Å²) < 4.78 is 35.7. The van der Waals surface area contributed by atoms with Gasteiger partial charge in [0.2, 0.25) is 5.91 Å². The summed E-state index contributed by atoms with van der Waals surface area (Å²) in [6.45, 7) is 3.48.